The summed E-state index contributed by atoms with van der Waals surface area (Å²) in [5.41, 5.74) is 1.43. The van der Waals surface area contributed by atoms with Crippen molar-refractivity contribution in [2.24, 2.45) is 0 Å². The van der Waals surface area contributed by atoms with Crippen LogP contribution in [0.2, 0.25) is 0 Å². The average molecular weight is 205 g/mol. The summed E-state index contributed by atoms with van der Waals surface area (Å²) in [7, 11) is 0. The van der Waals surface area contributed by atoms with Crippen LogP contribution in [-0.2, 0) is 0 Å². The number of hydrogen-bond acceptors (Lipinski definition) is 3. The van der Waals surface area contributed by atoms with Crippen LogP contribution < -0.4 is 5.56 Å². The largest absolute Gasteiger partial charge is 0.292 e. The van der Waals surface area contributed by atoms with Crippen LogP contribution in [0, 0.1) is 6.92 Å². The third-order valence-corrected chi connectivity index (χ3v) is 2.20. The van der Waals surface area contributed by atoms with Crippen molar-refractivity contribution in [2.45, 2.75) is 20.3 Å². The van der Waals surface area contributed by atoms with Crippen molar-refractivity contribution < 1.29 is 4.79 Å². The molecular weight excluding hydrogens is 194 g/mol. The SMILES string of the molecule is CCC(=O)c1cc(C)nc2cc(=O)[nH]n12. The molecule has 0 spiro atoms. The molecule has 0 saturated carbocycles. The molecule has 78 valence electrons. The first kappa shape index (κ1) is 9.64. The smallest absolute Gasteiger partial charge is 0.266 e. The van der Waals surface area contributed by atoms with Crippen molar-refractivity contribution in [3.63, 3.8) is 0 Å². The van der Waals surface area contributed by atoms with E-state index in [1.165, 1.54) is 10.6 Å². The molecule has 0 aliphatic rings. The maximum Gasteiger partial charge on any atom is 0.266 e. The van der Waals surface area contributed by atoms with Gasteiger partial charge >= 0.3 is 0 Å². The number of nitrogens with one attached hydrogen (secondary N) is 1. The van der Waals surface area contributed by atoms with Gasteiger partial charge in [0.25, 0.3) is 5.56 Å². The molecule has 0 bridgehead atoms. The predicted octanol–water partition coefficient (Wildman–Crippen LogP) is 0.924. The lowest BCUT2D eigenvalue weighted by Crippen LogP contribution is -2.10. The van der Waals surface area contributed by atoms with Crippen molar-refractivity contribution in [1.82, 2.24) is 14.6 Å². The Balaban J connectivity index is 2.81. The zero-order chi connectivity index (χ0) is 11.0. The zero-order valence-electron chi connectivity index (χ0n) is 8.57. The second-order valence-electron chi connectivity index (χ2n) is 3.37. The number of hydrogen-bond donors (Lipinski definition) is 1. The van der Waals surface area contributed by atoms with Crippen LogP contribution in [0.1, 0.15) is 29.5 Å². The number of carbonyl (C=O) groups is 1. The first-order chi connectivity index (χ1) is 7.11. The molecule has 2 aromatic rings. The van der Waals surface area contributed by atoms with E-state index < -0.39 is 0 Å². The van der Waals surface area contributed by atoms with Gasteiger partial charge in [0.2, 0.25) is 0 Å². The Hall–Kier alpha value is -1.91. The number of aromatic nitrogens is 3. The van der Waals surface area contributed by atoms with Crippen LogP contribution in [0.15, 0.2) is 16.9 Å². The molecule has 0 saturated heterocycles. The Kier molecular flexibility index (Phi) is 2.15. The Labute approximate surface area is 85.7 Å². The molecule has 0 atom stereocenters. The molecule has 15 heavy (non-hydrogen) atoms. The molecule has 0 amide bonds. The Morgan fingerprint density at radius 1 is 1.53 bits per heavy atom. The monoisotopic (exact) mass is 205 g/mol. The summed E-state index contributed by atoms with van der Waals surface area (Å²) >= 11 is 0. The van der Waals surface area contributed by atoms with Crippen LogP contribution >= 0.6 is 0 Å². The molecule has 5 heteroatoms. The van der Waals surface area contributed by atoms with Crippen molar-refractivity contribution in [3.05, 3.63) is 33.9 Å². The minimum atomic E-state index is -0.252. The number of Topliss-reactive ketones (excluding diaryl/α,β-unsaturated/α-hetero) is 1. The van der Waals surface area contributed by atoms with Gasteiger partial charge in [-0.25, -0.2) is 9.50 Å². The van der Waals surface area contributed by atoms with E-state index in [9.17, 15) is 9.59 Å². The summed E-state index contributed by atoms with van der Waals surface area (Å²) in [6.45, 7) is 3.58. The quantitative estimate of drug-likeness (QED) is 0.741. The Bertz CT molecular complexity index is 580. The number of aromatic amines is 1. The standard InChI is InChI=1S/C10H11N3O2/c1-3-8(14)7-4-6(2)11-9-5-10(15)12-13(7)9/h4-5H,3H2,1-2H3,(H,12,15). The summed E-state index contributed by atoms with van der Waals surface area (Å²) < 4.78 is 1.43. The van der Waals surface area contributed by atoms with E-state index >= 15 is 0 Å². The molecule has 0 radical (unpaired) electrons. The molecule has 0 aliphatic carbocycles. The van der Waals surface area contributed by atoms with E-state index in [2.05, 4.69) is 10.1 Å². The van der Waals surface area contributed by atoms with Crippen LogP contribution in [0.4, 0.5) is 0 Å². The van der Waals surface area contributed by atoms with Crippen LogP contribution in [0.3, 0.4) is 0 Å². The number of rotatable bonds is 2. The molecule has 2 rings (SSSR count). The van der Waals surface area contributed by atoms with Gasteiger partial charge in [-0.3, -0.25) is 14.7 Å². The number of carbonyl (C=O) groups excluding carboxylic acids is 1. The van der Waals surface area contributed by atoms with Gasteiger partial charge in [0, 0.05) is 18.2 Å². The van der Waals surface area contributed by atoms with Crippen LogP contribution in [0.5, 0.6) is 0 Å². The zero-order valence-corrected chi connectivity index (χ0v) is 8.57. The minimum Gasteiger partial charge on any atom is -0.292 e. The predicted molar refractivity (Wildman–Crippen MR) is 55.2 cm³/mol. The van der Waals surface area contributed by atoms with Gasteiger partial charge in [0.05, 0.1) is 0 Å². The highest BCUT2D eigenvalue weighted by atomic mass is 16.1. The molecule has 0 aromatic carbocycles. The number of fused-ring (bicyclic) bond motifs is 1. The van der Waals surface area contributed by atoms with Gasteiger partial charge in [-0.2, -0.15) is 0 Å². The van der Waals surface area contributed by atoms with Crippen molar-refractivity contribution in [1.29, 1.82) is 0 Å². The van der Waals surface area contributed by atoms with E-state index in [-0.39, 0.29) is 11.3 Å². The fraction of sp³-hybridized carbons (Fsp3) is 0.300. The highest BCUT2D eigenvalue weighted by Gasteiger charge is 2.10. The lowest BCUT2D eigenvalue weighted by atomic mass is 10.2. The van der Waals surface area contributed by atoms with Gasteiger partial charge < -0.3 is 0 Å². The third kappa shape index (κ3) is 1.56. The maximum absolute atomic E-state index is 11.6. The molecule has 0 unspecified atom stereocenters. The third-order valence-electron chi connectivity index (χ3n) is 2.20. The molecule has 2 heterocycles. The van der Waals surface area contributed by atoms with E-state index in [0.29, 0.717) is 17.8 Å². The maximum atomic E-state index is 11.6. The van der Waals surface area contributed by atoms with Crippen molar-refractivity contribution in [3.8, 4) is 0 Å². The molecule has 2 aromatic heterocycles. The second kappa shape index (κ2) is 3.34. The van der Waals surface area contributed by atoms with E-state index in [1.807, 2.05) is 0 Å². The van der Waals surface area contributed by atoms with Gasteiger partial charge in [0.15, 0.2) is 11.4 Å². The summed E-state index contributed by atoms with van der Waals surface area (Å²) in [5, 5.41) is 2.55. The van der Waals surface area contributed by atoms with Crippen LogP contribution in [0.25, 0.3) is 5.65 Å². The topological polar surface area (TPSA) is 67.2 Å². The average Bonchev–Trinajstić information content (AvgIpc) is 2.55. The summed E-state index contributed by atoms with van der Waals surface area (Å²) in [6, 6.07) is 3.05. The lowest BCUT2D eigenvalue weighted by Gasteiger charge is -2.03. The van der Waals surface area contributed by atoms with E-state index in [4.69, 9.17) is 0 Å². The van der Waals surface area contributed by atoms with Crippen molar-refractivity contribution in [2.75, 3.05) is 0 Å². The fourth-order valence-electron chi connectivity index (χ4n) is 1.51. The van der Waals surface area contributed by atoms with Gasteiger partial charge in [-0.15, -0.1) is 0 Å². The molecule has 0 aliphatic heterocycles. The first-order valence-corrected chi connectivity index (χ1v) is 4.74. The van der Waals surface area contributed by atoms with Crippen molar-refractivity contribution >= 4 is 11.4 Å². The summed E-state index contributed by atoms with van der Waals surface area (Å²) in [6.07, 6.45) is 0.402. The summed E-state index contributed by atoms with van der Waals surface area (Å²) in [4.78, 5) is 26.9. The molecule has 0 fully saturated rings. The molecule has 1 N–H and O–H groups in total. The highest BCUT2D eigenvalue weighted by Crippen LogP contribution is 2.07. The molecule has 5 nitrogen and oxygen atoms in total. The highest BCUT2D eigenvalue weighted by molar-refractivity contribution is 5.94. The fourth-order valence-corrected chi connectivity index (χ4v) is 1.51. The van der Waals surface area contributed by atoms with Gasteiger partial charge in [-0.1, -0.05) is 6.92 Å². The number of aryl methyl sites for hydroxylation is 1. The second-order valence-corrected chi connectivity index (χ2v) is 3.37. The Morgan fingerprint density at radius 2 is 2.27 bits per heavy atom. The number of nitrogens with zero attached hydrogens (tertiary/aromatic N) is 2. The number of ketones is 1. The van der Waals surface area contributed by atoms with Gasteiger partial charge in [0.1, 0.15) is 5.69 Å². The minimum absolute atomic E-state index is 0.0163. The summed E-state index contributed by atoms with van der Waals surface area (Å²) in [5.74, 6) is -0.0163. The number of H-pyrrole nitrogens is 1. The molecular formula is C10H11N3O2. The lowest BCUT2D eigenvalue weighted by molar-refractivity contribution is 0.0980. The van der Waals surface area contributed by atoms with Gasteiger partial charge in [-0.05, 0) is 13.0 Å². The van der Waals surface area contributed by atoms with E-state index in [1.54, 1.807) is 19.9 Å². The van der Waals surface area contributed by atoms with Crippen LogP contribution in [-0.4, -0.2) is 20.4 Å². The Morgan fingerprint density at radius 3 is 2.93 bits per heavy atom. The normalized spacial score (nSPS) is 10.8. The first-order valence-electron chi connectivity index (χ1n) is 4.74. The van der Waals surface area contributed by atoms with E-state index in [0.717, 1.165) is 5.69 Å².